The first-order valence-electron chi connectivity index (χ1n) is 8.44. The third kappa shape index (κ3) is 2.76. The van der Waals surface area contributed by atoms with Gasteiger partial charge >= 0.3 is 0 Å². The van der Waals surface area contributed by atoms with Crippen LogP contribution in [0.2, 0.25) is 0 Å². The molecule has 3 aromatic rings. The third-order valence-electron chi connectivity index (χ3n) is 4.78. The zero-order chi connectivity index (χ0) is 16.7. The number of hydrogen-bond donors (Lipinski definition) is 1. The van der Waals surface area contributed by atoms with E-state index in [1.54, 1.807) is 0 Å². The molecule has 0 saturated carbocycles. The molecule has 0 spiro atoms. The van der Waals surface area contributed by atoms with E-state index in [-0.39, 0.29) is 0 Å². The molecule has 0 aliphatic carbocycles. The summed E-state index contributed by atoms with van der Waals surface area (Å²) < 4.78 is 2.17. The number of rotatable bonds is 4. The highest BCUT2D eigenvalue weighted by molar-refractivity contribution is 5.62. The average molecular weight is 321 g/mol. The van der Waals surface area contributed by atoms with Gasteiger partial charge in [-0.3, -0.25) is 14.7 Å². The summed E-state index contributed by atoms with van der Waals surface area (Å²) in [5, 5.41) is 12.0. The van der Waals surface area contributed by atoms with Gasteiger partial charge in [0.15, 0.2) is 0 Å². The topological polar surface area (TPSA) is 49.7 Å². The lowest BCUT2D eigenvalue weighted by molar-refractivity contribution is 0.0895. The molecule has 1 fully saturated rings. The third-order valence-corrected chi connectivity index (χ3v) is 4.78. The molecule has 24 heavy (non-hydrogen) atoms. The lowest BCUT2D eigenvalue weighted by Gasteiger charge is -2.39. The molecule has 5 nitrogen and oxygen atoms in total. The normalized spacial score (nSPS) is 15.6. The highest BCUT2D eigenvalue weighted by atomic mass is 15.4. The van der Waals surface area contributed by atoms with Crippen molar-refractivity contribution in [3.8, 4) is 11.3 Å². The molecule has 5 heteroatoms. The summed E-state index contributed by atoms with van der Waals surface area (Å²) in [7, 11) is 0. The van der Waals surface area contributed by atoms with Crippen molar-refractivity contribution in [2.75, 3.05) is 13.1 Å². The van der Waals surface area contributed by atoms with Crippen LogP contribution in [0.15, 0.2) is 36.5 Å². The molecule has 1 aliphatic rings. The number of nitrogens with zero attached hydrogens (tertiary/aromatic N) is 4. The predicted molar refractivity (Wildman–Crippen MR) is 94.8 cm³/mol. The molecule has 124 valence electrons. The van der Waals surface area contributed by atoms with E-state index >= 15 is 0 Å². The van der Waals surface area contributed by atoms with E-state index in [1.807, 2.05) is 6.20 Å². The number of nitrogens with one attached hydrogen (secondary N) is 1. The summed E-state index contributed by atoms with van der Waals surface area (Å²) in [6.07, 6.45) is 1.95. The summed E-state index contributed by atoms with van der Waals surface area (Å²) in [6, 6.07) is 11.2. The summed E-state index contributed by atoms with van der Waals surface area (Å²) >= 11 is 0. The Morgan fingerprint density at radius 2 is 1.88 bits per heavy atom. The standard InChI is InChI=1S/C19H23N5/c1-13-4-6-16(7-5-13)19-17(9-20-21-19)10-23-11-18(12-23)24-15(3)8-14(2)22-24/h4-9,18H,10-12H2,1-3H3,(H,20,21). The van der Waals surface area contributed by atoms with Crippen molar-refractivity contribution >= 4 is 0 Å². The summed E-state index contributed by atoms with van der Waals surface area (Å²) in [5.74, 6) is 0. The van der Waals surface area contributed by atoms with Gasteiger partial charge in [0.25, 0.3) is 0 Å². The van der Waals surface area contributed by atoms with E-state index in [0.29, 0.717) is 6.04 Å². The van der Waals surface area contributed by atoms with Crippen molar-refractivity contribution < 1.29 is 0 Å². The van der Waals surface area contributed by atoms with Crippen molar-refractivity contribution in [2.24, 2.45) is 0 Å². The monoisotopic (exact) mass is 321 g/mol. The molecule has 0 amide bonds. The molecule has 1 N–H and O–H groups in total. The molecule has 2 aromatic heterocycles. The lowest BCUT2D eigenvalue weighted by atomic mass is 10.0. The Morgan fingerprint density at radius 3 is 2.54 bits per heavy atom. The molecule has 0 radical (unpaired) electrons. The van der Waals surface area contributed by atoms with Crippen LogP contribution in [0.25, 0.3) is 11.3 Å². The molecule has 1 saturated heterocycles. The minimum Gasteiger partial charge on any atom is -0.295 e. The fourth-order valence-corrected chi connectivity index (χ4v) is 3.48. The van der Waals surface area contributed by atoms with Gasteiger partial charge in [0.1, 0.15) is 0 Å². The number of aromatic nitrogens is 4. The number of hydrogen-bond acceptors (Lipinski definition) is 3. The maximum Gasteiger partial charge on any atom is 0.0776 e. The van der Waals surface area contributed by atoms with Crippen LogP contribution in [0.4, 0.5) is 0 Å². The fraction of sp³-hybridized carbons (Fsp3) is 0.368. The molecule has 3 heterocycles. The lowest BCUT2D eigenvalue weighted by Crippen LogP contribution is -2.47. The van der Waals surface area contributed by atoms with Crippen LogP contribution in [-0.2, 0) is 6.54 Å². The first-order valence-corrected chi connectivity index (χ1v) is 8.44. The highest BCUT2D eigenvalue weighted by Crippen LogP contribution is 2.28. The van der Waals surface area contributed by atoms with Gasteiger partial charge < -0.3 is 0 Å². The van der Waals surface area contributed by atoms with Crippen LogP contribution in [0.1, 0.15) is 28.6 Å². The van der Waals surface area contributed by atoms with Crippen molar-refractivity contribution in [1.29, 1.82) is 0 Å². The van der Waals surface area contributed by atoms with Gasteiger partial charge in [0, 0.05) is 30.9 Å². The minimum atomic E-state index is 0.494. The first-order chi connectivity index (χ1) is 11.6. The SMILES string of the molecule is Cc1ccc(-c2[nH]ncc2CN2CC(n3nc(C)cc3C)C2)cc1. The molecule has 1 aromatic carbocycles. The molecule has 0 atom stereocenters. The number of benzene rings is 1. The zero-order valence-electron chi connectivity index (χ0n) is 14.5. The van der Waals surface area contributed by atoms with E-state index in [2.05, 4.69) is 76.0 Å². The molecule has 0 unspecified atom stereocenters. The van der Waals surface area contributed by atoms with Crippen LogP contribution < -0.4 is 0 Å². The zero-order valence-corrected chi connectivity index (χ0v) is 14.5. The smallest absolute Gasteiger partial charge is 0.0776 e. The van der Waals surface area contributed by atoms with Crippen LogP contribution in [0.5, 0.6) is 0 Å². The fourth-order valence-electron chi connectivity index (χ4n) is 3.48. The summed E-state index contributed by atoms with van der Waals surface area (Å²) in [4.78, 5) is 2.45. The second-order valence-electron chi connectivity index (χ2n) is 6.86. The summed E-state index contributed by atoms with van der Waals surface area (Å²) in [6.45, 7) is 9.31. The molecule has 1 aliphatic heterocycles. The van der Waals surface area contributed by atoms with E-state index in [9.17, 15) is 0 Å². The quantitative estimate of drug-likeness (QED) is 0.802. The Balaban J connectivity index is 1.44. The average Bonchev–Trinajstić information content (AvgIpc) is 3.09. The van der Waals surface area contributed by atoms with Crippen LogP contribution in [0, 0.1) is 20.8 Å². The second-order valence-corrected chi connectivity index (χ2v) is 6.86. The largest absolute Gasteiger partial charge is 0.295 e. The van der Waals surface area contributed by atoms with Gasteiger partial charge in [-0.1, -0.05) is 29.8 Å². The van der Waals surface area contributed by atoms with Crippen molar-refractivity contribution in [3.63, 3.8) is 0 Å². The van der Waals surface area contributed by atoms with Gasteiger partial charge in [-0.25, -0.2) is 0 Å². The first kappa shape index (κ1) is 15.1. The predicted octanol–water partition coefficient (Wildman–Crippen LogP) is 3.26. The Hall–Kier alpha value is -2.40. The molecule has 0 bridgehead atoms. The molecule has 4 rings (SSSR count). The van der Waals surface area contributed by atoms with E-state index in [4.69, 9.17) is 0 Å². The Kier molecular flexibility index (Phi) is 3.73. The van der Waals surface area contributed by atoms with Gasteiger partial charge in [-0.2, -0.15) is 10.2 Å². The molecular formula is C19H23N5. The summed E-state index contributed by atoms with van der Waals surface area (Å²) in [5.41, 5.74) is 7.21. The molecular weight excluding hydrogens is 298 g/mol. The maximum atomic E-state index is 4.61. The number of aromatic amines is 1. The van der Waals surface area contributed by atoms with Gasteiger partial charge in [0.2, 0.25) is 0 Å². The maximum absolute atomic E-state index is 4.61. The second kappa shape index (κ2) is 5.91. The number of likely N-dealkylation sites (tertiary alicyclic amines) is 1. The van der Waals surface area contributed by atoms with Crippen LogP contribution >= 0.6 is 0 Å². The highest BCUT2D eigenvalue weighted by Gasteiger charge is 2.30. The van der Waals surface area contributed by atoms with Crippen molar-refractivity contribution in [2.45, 2.75) is 33.4 Å². The Bertz CT molecular complexity index is 837. The van der Waals surface area contributed by atoms with E-state index in [0.717, 1.165) is 31.0 Å². The van der Waals surface area contributed by atoms with Gasteiger partial charge in [0.05, 0.1) is 23.6 Å². The van der Waals surface area contributed by atoms with Crippen molar-refractivity contribution in [1.82, 2.24) is 24.9 Å². The van der Waals surface area contributed by atoms with Crippen LogP contribution in [-0.4, -0.2) is 38.0 Å². The Labute approximate surface area is 142 Å². The number of aryl methyl sites for hydroxylation is 3. The van der Waals surface area contributed by atoms with Crippen LogP contribution in [0.3, 0.4) is 0 Å². The minimum absolute atomic E-state index is 0.494. The van der Waals surface area contributed by atoms with Gasteiger partial charge in [-0.15, -0.1) is 0 Å². The Morgan fingerprint density at radius 1 is 1.12 bits per heavy atom. The van der Waals surface area contributed by atoms with E-state index < -0.39 is 0 Å². The van der Waals surface area contributed by atoms with E-state index in [1.165, 1.54) is 22.4 Å². The van der Waals surface area contributed by atoms with Crippen molar-refractivity contribution in [3.05, 3.63) is 59.0 Å². The number of H-pyrrole nitrogens is 1. The van der Waals surface area contributed by atoms with Gasteiger partial charge in [-0.05, 0) is 32.4 Å².